The number of nitrogens with two attached hydrogens (primary N) is 1. The number of imidazole rings is 1. The van der Waals surface area contributed by atoms with E-state index in [9.17, 15) is 24.4 Å². The number of nitrogen functional groups attached to an aromatic ring is 1. The normalized spacial score (nSPS) is 35.5. The Balaban J connectivity index is 1.10. The number of hydrogen-bond donors (Lipinski definition) is 6. The third kappa shape index (κ3) is 4.01. The van der Waals surface area contributed by atoms with E-state index in [1.54, 1.807) is 0 Å². The molecule has 10 atom stereocenters. The molecule has 2 unspecified atom stereocenters. The van der Waals surface area contributed by atoms with Gasteiger partial charge in [-0.25, -0.2) is 23.3 Å². The van der Waals surface area contributed by atoms with Gasteiger partial charge >= 0.3 is 6.80 Å². The van der Waals surface area contributed by atoms with Crippen LogP contribution >= 0.6 is 19.0 Å². The summed E-state index contributed by atoms with van der Waals surface area (Å²) in [5.74, 6) is -0.305. The van der Waals surface area contributed by atoms with Crippen LogP contribution in [0.15, 0.2) is 22.2 Å². The van der Waals surface area contributed by atoms with Gasteiger partial charge in [-0.3, -0.25) is 28.2 Å². The first-order valence-corrected chi connectivity index (χ1v) is 14.8. The minimum absolute atomic E-state index is 0.0136. The molecular weight excluding hydrogens is 613 g/mol. The Morgan fingerprint density at radius 2 is 1.98 bits per heavy atom. The number of fused-ring (bicyclic) bond motifs is 3. The van der Waals surface area contributed by atoms with E-state index >= 15 is 8.78 Å². The van der Waals surface area contributed by atoms with Crippen LogP contribution < -0.4 is 16.9 Å². The zero-order valence-corrected chi connectivity index (χ0v) is 22.4. The fourth-order valence-electron chi connectivity index (χ4n) is 5.08. The van der Waals surface area contributed by atoms with Crippen LogP contribution in [0.5, 0.6) is 0 Å². The summed E-state index contributed by atoms with van der Waals surface area (Å²) in [7, 11) is 0. The van der Waals surface area contributed by atoms with E-state index in [1.165, 1.54) is 0 Å². The molecule has 1 aliphatic carbocycles. The highest BCUT2D eigenvalue weighted by Crippen LogP contribution is 2.64. The summed E-state index contributed by atoms with van der Waals surface area (Å²) in [5, 5.41) is 27.9. The Labute approximate surface area is 234 Å². The van der Waals surface area contributed by atoms with Crippen molar-refractivity contribution in [1.82, 2.24) is 44.5 Å². The van der Waals surface area contributed by atoms with E-state index in [0.29, 0.717) is 0 Å². The average Bonchev–Trinajstić information content (AvgIpc) is 3.47. The summed E-state index contributed by atoms with van der Waals surface area (Å²) >= 11 is 3.88. The van der Waals surface area contributed by atoms with Crippen LogP contribution in [0.25, 0.3) is 22.3 Å². The summed E-state index contributed by atoms with van der Waals surface area (Å²) in [6.45, 7) is -5.31. The van der Waals surface area contributed by atoms with Gasteiger partial charge in [-0.1, -0.05) is 17.5 Å². The van der Waals surface area contributed by atoms with Crippen molar-refractivity contribution >= 4 is 47.3 Å². The topological polar surface area (TPSA) is 260 Å². The Hall–Kier alpha value is -3.37. The number of ether oxygens (including phenoxy) is 2. The number of rotatable bonds is 7. The standard InChI is InChI=1S/C19H19F2N10O9PS/c20-5-8(32)4(38-16(5)30-3-25-6-12(30)23-2-24-14(6)34)1-37-41(36,42)40-11-17(39-10-9(33)19(10,11)21)31-13-7(28-29-31)15(35)27-18(22)26-13/h2-5,8-11,16-17,32-33H,1H2,(H,36,42)(H,23,24,34)(H3,22,26,27,35)/t4-,5+,8-,9?,10-,11+,16-,17-,19+,41?/m1/s1. The molecule has 2 aliphatic heterocycles. The lowest BCUT2D eigenvalue weighted by molar-refractivity contribution is -0.0818. The van der Waals surface area contributed by atoms with Crippen molar-refractivity contribution in [2.45, 2.75) is 54.8 Å². The molecule has 3 fully saturated rings. The van der Waals surface area contributed by atoms with E-state index in [-0.39, 0.29) is 28.3 Å². The molecule has 0 spiro atoms. The molecule has 3 aliphatic rings. The van der Waals surface area contributed by atoms with Crippen molar-refractivity contribution in [1.29, 1.82) is 0 Å². The largest absolute Gasteiger partial charge is 0.387 e. The Kier molecular flexibility index (Phi) is 6.09. The highest BCUT2D eigenvalue weighted by Gasteiger charge is 2.80. The number of alkyl halides is 2. The minimum Gasteiger partial charge on any atom is -0.387 e. The van der Waals surface area contributed by atoms with Crippen molar-refractivity contribution in [3.05, 3.63) is 33.4 Å². The molecule has 4 aromatic heterocycles. The van der Waals surface area contributed by atoms with Crippen molar-refractivity contribution in [3.8, 4) is 0 Å². The summed E-state index contributed by atoms with van der Waals surface area (Å²) in [4.78, 5) is 40.3. The van der Waals surface area contributed by atoms with Gasteiger partial charge in [0.05, 0.1) is 19.3 Å². The highest BCUT2D eigenvalue weighted by atomic mass is 32.7. The first-order valence-electron chi connectivity index (χ1n) is 12.1. The molecule has 19 nitrogen and oxygen atoms in total. The third-order valence-electron chi connectivity index (χ3n) is 7.22. The van der Waals surface area contributed by atoms with E-state index in [0.717, 1.165) is 21.9 Å². The monoisotopic (exact) mass is 632 g/mol. The van der Waals surface area contributed by atoms with Crippen LogP contribution in [0, 0.1) is 0 Å². The maximum Gasteiger partial charge on any atom is 0.386 e. The molecule has 0 amide bonds. The first kappa shape index (κ1) is 27.5. The third-order valence-corrected chi connectivity index (χ3v) is 8.82. The second-order valence-corrected chi connectivity index (χ2v) is 12.6. The zero-order chi connectivity index (χ0) is 29.7. The summed E-state index contributed by atoms with van der Waals surface area (Å²) in [6, 6.07) is 0. The number of anilines is 1. The van der Waals surface area contributed by atoms with Crippen LogP contribution in [0.1, 0.15) is 12.5 Å². The molecule has 42 heavy (non-hydrogen) atoms. The van der Waals surface area contributed by atoms with Crippen LogP contribution in [0.3, 0.4) is 0 Å². The molecule has 0 aromatic carbocycles. The second-order valence-electron chi connectivity index (χ2n) is 9.72. The van der Waals surface area contributed by atoms with Crippen LogP contribution in [-0.2, 0) is 23.1 Å². The SMILES string of the molecule is Nc1nc2c(nnn2[C@@H]2O[C@@H]3C(O)[C@@]3(F)[C@H]2OP(=O)(S)OC[C@H]2O[C@@H](n3cnc4c(=O)[nH]cnc43)[C@@H](F)[C@@H]2O)c(=O)[nH]1. The second kappa shape index (κ2) is 9.31. The number of halogens is 2. The van der Waals surface area contributed by atoms with Gasteiger partial charge in [0.25, 0.3) is 11.1 Å². The van der Waals surface area contributed by atoms with Gasteiger partial charge < -0.3 is 30.4 Å². The number of aliphatic hydroxyl groups excluding tert-OH is 2. The number of H-pyrrole nitrogens is 2. The lowest BCUT2D eigenvalue weighted by Gasteiger charge is -2.27. The summed E-state index contributed by atoms with van der Waals surface area (Å²) < 4.78 is 67.6. The zero-order valence-electron chi connectivity index (χ0n) is 20.6. The van der Waals surface area contributed by atoms with Gasteiger partial charge in [-0.05, 0) is 0 Å². The summed E-state index contributed by atoms with van der Waals surface area (Å²) in [6.07, 6.45) is -11.1. The summed E-state index contributed by atoms with van der Waals surface area (Å²) in [5.41, 5.74) is 1.11. The molecule has 224 valence electrons. The predicted octanol–water partition coefficient (Wildman–Crippen LogP) is -1.75. The Bertz CT molecular complexity index is 1890. The fraction of sp³-hybridized carbons (Fsp3) is 0.526. The highest BCUT2D eigenvalue weighted by molar-refractivity contribution is 8.44. The van der Waals surface area contributed by atoms with E-state index in [1.807, 2.05) is 0 Å². The van der Waals surface area contributed by atoms with Crippen molar-refractivity contribution < 1.29 is 42.1 Å². The number of nitrogens with one attached hydrogen (secondary N) is 2. The molecule has 6 N–H and O–H groups in total. The maximum absolute atomic E-state index is 15.7. The van der Waals surface area contributed by atoms with Crippen LogP contribution in [0.2, 0.25) is 0 Å². The predicted molar refractivity (Wildman–Crippen MR) is 134 cm³/mol. The fourth-order valence-corrected chi connectivity index (χ4v) is 6.53. The molecule has 7 rings (SSSR count). The van der Waals surface area contributed by atoms with Crippen molar-refractivity contribution in [3.63, 3.8) is 0 Å². The van der Waals surface area contributed by atoms with Gasteiger partial charge in [-0.2, -0.15) is 9.67 Å². The first-order chi connectivity index (χ1) is 19.9. The molecule has 1 saturated carbocycles. The van der Waals surface area contributed by atoms with Gasteiger partial charge in [0.1, 0.15) is 24.4 Å². The van der Waals surface area contributed by atoms with Crippen molar-refractivity contribution in [2.75, 3.05) is 12.3 Å². The van der Waals surface area contributed by atoms with Gasteiger partial charge in [0.15, 0.2) is 52.7 Å². The quantitative estimate of drug-likeness (QED) is 0.0974. The van der Waals surface area contributed by atoms with Crippen LogP contribution in [0.4, 0.5) is 14.7 Å². The number of thiol groups is 1. The molecule has 2 saturated heterocycles. The van der Waals surface area contributed by atoms with Gasteiger partial charge in [-0.15, -0.1) is 5.10 Å². The van der Waals surface area contributed by atoms with E-state index < -0.39 is 79.3 Å². The molecule has 0 bridgehead atoms. The number of aliphatic hydroxyl groups is 2. The van der Waals surface area contributed by atoms with Gasteiger partial charge in [0.2, 0.25) is 5.95 Å². The Morgan fingerprint density at radius 3 is 2.76 bits per heavy atom. The molecule has 6 heterocycles. The van der Waals surface area contributed by atoms with Crippen LogP contribution in [-0.4, -0.2) is 104 Å². The molecule has 4 aromatic rings. The van der Waals surface area contributed by atoms with E-state index in [4.69, 9.17) is 24.3 Å². The lowest BCUT2D eigenvalue weighted by Crippen LogP contribution is -2.37. The number of aromatic nitrogens is 9. The van der Waals surface area contributed by atoms with Crippen molar-refractivity contribution in [2.24, 2.45) is 0 Å². The van der Waals surface area contributed by atoms with E-state index in [2.05, 4.69) is 47.5 Å². The number of aromatic amines is 2. The number of nitrogens with zero attached hydrogens (tertiary/aromatic N) is 7. The maximum atomic E-state index is 15.7. The molecule has 0 radical (unpaired) electrons. The molecule has 23 heteroatoms. The lowest BCUT2D eigenvalue weighted by atomic mass is 10.1. The minimum atomic E-state index is -4.57. The molecular formula is C19H19F2N10O9PS. The average molecular weight is 632 g/mol. The number of hydrogen-bond acceptors (Lipinski definition) is 15. The smallest absolute Gasteiger partial charge is 0.386 e. The Morgan fingerprint density at radius 1 is 1.19 bits per heavy atom. The van der Waals surface area contributed by atoms with Gasteiger partial charge in [0, 0.05) is 0 Å².